The van der Waals surface area contributed by atoms with Crippen molar-refractivity contribution in [3.05, 3.63) is 93.1 Å². The average Bonchev–Trinajstić information content (AvgIpc) is 3.97. The lowest BCUT2D eigenvalue weighted by atomic mass is 9.89. The predicted molar refractivity (Wildman–Crippen MR) is 280 cm³/mol. The summed E-state index contributed by atoms with van der Waals surface area (Å²) in [6.07, 6.45) is 9.41. The van der Waals surface area contributed by atoms with Gasteiger partial charge in [0, 0.05) is 44.6 Å². The Hall–Kier alpha value is -6.25. The fraction of sp³-hybridized carbons (Fsp3) is 0.491. The first kappa shape index (κ1) is 54.0. The Labute approximate surface area is 437 Å². The van der Waals surface area contributed by atoms with Crippen molar-refractivity contribution in [3.63, 3.8) is 0 Å². The summed E-state index contributed by atoms with van der Waals surface area (Å²) in [5.41, 5.74) is 7.43. The van der Waals surface area contributed by atoms with Crippen LogP contribution in [0.1, 0.15) is 103 Å². The molecular formula is C55H67N5O13S. The summed E-state index contributed by atoms with van der Waals surface area (Å²) in [7, 11) is 4.42. The summed E-state index contributed by atoms with van der Waals surface area (Å²) in [6, 6.07) is 10.2. The van der Waals surface area contributed by atoms with Gasteiger partial charge in [-0.05, 0) is 86.9 Å². The Morgan fingerprint density at radius 3 is 1.59 bits per heavy atom. The molecule has 2 bridgehead atoms. The highest BCUT2D eigenvalue weighted by Gasteiger charge is 2.40. The van der Waals surface area contributed by atoms with Gasteiger partial charge in [-0.3, -0.25) is 33.5 Å². The first-order chi connectivity index (χ1) is 35.8. The van der Waals surface area contributed by atoms with Gasteiger partial charge in [-0.1, -0.05) is 35.4 Å². The van der Waals surface area contributed by atoms with Gasteiger partial charge in [0.2, 0.25) is 5.91 Å². The molecular weight excluding hydrogens is 971 g/mol. The van der Waals surface area contributed by atoms with Gasteiger partial charge in [0.15, 0.2) is 23.0 Å². The third kappa shape index (κ3) is 12.1. The zero-order chi connectivity index (χ0) is 52.5. The molecule has 396 valence electrons. The van der Waals surface area contributed by atoms with Crippen LogP contribution in [0.4, 0.5) is 11.4 Å². The van der Waals surface area contributed by atoms with Gasteiger partial charge >= 0.3 is 5.97 Å². The van der Waals surface area contributed by atoms with E-state index in [2.05, 4.69) is 42.9 Å². The van der Waals surface area contributed by atoms with E-state index >= 15 is 0 Å². The van der Waals surface area contributed by atoms with Crippen LogP contribution in [0.5, 0.6) is 23.0 Å². The molecule has 0 aliphatic carbocycles. The van der Waals surface area contributed by atoms with Crippen molar-refractivity contribution in [3.8, 4) is 23.0 Å². The van der Waals surface area contributed by atoms with Gasteiger partial charge in [0.1, 0.15) is 13.2 Å². The lowest BCUT2D eigenvalue weighted by molar-refractivity contribution is -0.142. The number of allylic oxidation sites excluding steroid dienone is 2. The topological polar surface area (TPSA) is 186 Å². The molecule has 0 radical (unpaired) electrons. The molecule has 3 aromatic rings. The van der Waals surface area contributed by atoms with Crippen LogP contribution in [0.25, 0.3) is 0 Å². The number of esters is 1. The molecule has 19 heteroatoms. The number of aliphatic imine (C=N–C) groups is 2. The molecule has 3 atom stereocenters. The maximum Gasteiger partial charge on any atom is 0.307 e. The second kappa shape index (κ2) is 24.4. The Balaban J connectivity index is 1.07. The summed E-state index contributed by atoms with van der Waals surface area (Å²) in [4.78, 5) is 66.3. The number of hydrogen-bond donors (Lipinski definition) is 0. The molecule has 74 heavy (non-hydrogen) atoms. The Bertz CT molecular complexity index is 2580. The fourth-order valence-electron chi connectivity index (χ4n) is 9.66. The van der Waals surface area contributed by atoms with Crippen molar-refractivity contribution in [1.29, 1.82) is 0 Å². The molecule has 18 nitrogen and oxygen atoms in total. The van der Waals surface area contributed by atoms with Crippen molar-refractivity contribution in [2.75, 3.05) is 87.3 Å². The summed E-state index contributed by atoms with van der Waals surface area (Å²) in [5.74, 6) is 0.781. The number of rotatable bonds is 22. The van der Waals surface area contributed by atoms with E-state index in [0.29, 0.717) is 85.0 Å². The molecule has 1 unspecified atom stereocenters. The standard InChI is InChI=1S/C55H67N5O13S/c1-9-35-19-40-27-56-44-25-49(47(65-6)23-42(44)53(63)58(40)29-35)72-31-37-21-39-22-38(32-73-50-26-45-43(24-48(50)66-7)54(64)59-30-36(10-2)20-41(59)28-57-45)52(37)46(60(34(3)61)74-55(39,4)5)33-71-18-17-70-16-15-69-14-13-68-12-11-51(62)67-8/h9-10,21-28,40-41,46H,11-20,29-33H2,1-8H3/b35-9+,36-10+/t40-,41-,46?/m0/s1. The quantitative estimate of drug-likeness (QED) is 0.0408. The van der Waals surface area contributed by atoms with Crippen molar-refractivity contribution in [2.24, 2.45) is 9.98 Å². The number of carbonyl (C=O) groups is 4. The molecule has 0 N–H and O–H groups in total. The number of methoxy groups -OCH3 is 3. The predicted octanol–water partition coefficient (Wildman–Crippen LogP) is 8.03. The molecule has 6 aliphatic rings. The monoisotopic (exact) mass is 1040 g/mol. The highest BCUT2D eigenvalue weighted by molar-refractivity contribution is 7.98. The highest BCUT2D eigenvalue weighted by atomic mass is 32.2. The number of amides is 3. The number of ether oxygens (including phenoxy) is 9. The van der Waals surface area contributed by atoms with Gasteiger partial charge in [-0.15, -0.1) is 0 Å². The number of hydrogen-bond acceptors (Lipinski definition) is 16. The number of fused-ring (bicyclic) bond motifs is 9. The van der Waals surface area contributed by atoms with Gasteiger partial charge < -0.3 is 52.4 Å². The van der Waals surface area contributed by atoms with Crippen LogP contribution in [-0.2, 0) is 51.2 Å². The summed E-state index contributed by atoms with van der Waals surface area (Å²) in [5, 5.41) is 0. The maximum atomic E-state index is 13.9. The lowest BCUT2D eigenvalue weighted by Crippen LogP contribution is -2.38. The molecule has 3 amide bonds. The second-order valence-corrected chi connectivity index (χ2v) is 20.5. The SMILES string of the molecule is C/C=C1\C[C@H]2C=Nc3cc(OCc4cc5cc(COc6cc7c(cc6OC)C(=O)N6C/C(=C/C)C[C@H]6C=N7)c4C(COCCOCCOCCOCCC(=O)OC)N(C(C)=O)SC5(C)C)c(OC)cc3C(=O)N2C1. The van der Waals surface area contributed by atoms with Crippen LogP contribution in [-0.4, -0.2) is 150 Å². The van der Waals surface area contributed by atoms with E-state index in [1.807, 2.05) is 36.1 Å². The van der Waals surface area contributed by atoms with Crippen LogP contribution < -0.4 is 18.9 Å². The van der Waals surface area contributed by atoms with E-state index in [1.165, 1.54) is 44.4 Å². The van der Waals surface area contributed by atoms with Crippen LogP contribution in [0.15, 0.2) is 69.7 Å². The Kier molecular flexibility index (Phi) is 17.8. The van der Waals surface area contributed by atoms with E-state index < -0.39 is 10.8 Å². The molecule has 0 aromatic heterocycles. The van der Waals surface area contributed by atoms with E-state index in [-0.39, 0.29) is 81.8 Å². The van der Waals surface area contributed by atoms with Gasteiger partial charge in [0.25, 0.3) is 11.8 Å². The maximum absolute atomic E-state index is 13.9. The van der Waals surface area contributed by atoms with Gasteiger partial charge in [-0.2, -0.15) is 0 Å². The average molecular weight is 1040 g/mol. The molecule has 0 saturated carbocycles. The van der Waals surface area contributed by atoms with Crippen molar-refractivity contribution < 1.29 is 61.8 Å². The van der Waals surface area contributed by atoms with Crippen LogP contribution in [0.3, 0.4) is 0 Å². The molecule has 0 spiro atoms. The molecule has 3 aromatic carbocycles. The first-order valence-electron chi connectivity index (χ1n) is 25.0. The minimum absolute atomic E-state index is 0.0381. The summed E-state index contributed by atoms with van der Waals surface area (Å²) >= 11 is 1.43. The third-order valence-corrected chi connectivity index (χ3v) is 15.2. The number of nitrogens with zero attached hydrogens (tertiary/aromatic N) is 5. The van der Waals surface area contributed by atoms with Crippen LogP contribution in [0.2, 0.25) is 0 Å². The van der Waals surface area contributed by atoms with Gasteiger partial charge in [0.05, 0.1) is 126 Å². The van der Waals surface area contributed by atoms with Gasteiger partial charge in [-0.25, -0.2) is 0 Å². The zero-order valence-corrected chi connectivity index (χ0v) is 44.4. The lowest BCUT2D eigenvalue weighted by Gasteiger charge is -2.41. The minimum Gasteiger partial charge on any atom is -0.493 e. The van der Waals surface area contributed by atoms with E-state index in [9.17, 15) is 19.2 Å². The molecule has 2 fully saturated rings. The number of carbonyl (C=O) groups excluding carboxylic acids is 4. The minimum atomic E-state index is -0.635. The van der Waals surface area contributed by atoms with E-state index in [1.54, 1.807) is 35.5 Å². The van der Waals surface area contributed by atoms with Crippen molar-refractivity contribution in [2.45, 2.75) is 90.0 Å². The highest BCUT2D eigenvalue weighted by Crippen LogP contribution is 2.49. The Morgan fingerprint density at radius 1 is 0.676 bits per heavy atom. The fourth-order valence-corrected chi connectivity index (χ4v) is 10.8. The Morgan fingerprint density at radius 2 is 1.15 bits per heavy atom. The first-order valence-corrected chi connectivity index (χ1v) is 25.8. The second-order valence-electron chi connectivity index (χ2n) is 18.9. The van der Waals surface area contributed by atoms with Crippen LogP contribution >= 0.6 is 11.9 Å². The van der Waals surface area contributed by atoms with E-state index in [4.69, 9.17) is 47.9 Å². The van der Waals surface area contributed by atoms with Crippen LogP contribution in [0, 0.1) is 0 Å². The molecule has 6 heterocycles. The smallest absolute Gasteiger partial charge is 0.307 e. The van der Waals surface area contributed by atoms with Crippen molar-refractivity contribution in [1.82, 2.24) is 14.1 Å². The van der Waals surface area contributed by atoms with E-state index in [0.717, 1.165) is 35.1 Å². The van der Waals surface area contributed by atoms with Crippen molar-refractivity contribution >= 4 is 59.4 Å². The molecule has 6 aliphatic heterocycles. The number of benzene rings is 3. The summed E-state index contributed by atoms with van der Waals surface area (Å²) < 4.78 is 54.2. The summed E-state index contributed by atoms with van der Waals surface area (Å²) in [6.45, 7) is 13.0. The normalized spacial score (nSPS) is 20.4. The molecule has 9 rings (SSSR count). The molecule has 2 saturated heterocycles. The third-order valence-electron chi connectivity index (χ3n) is 13.8. The zero-order valence-electron chi connectivity index (χ0n) is 43.6. The largest absolute Gasteiger partial charge is 0.493 e.